The van der Waals surface area contributed by atoms with Crippen molar-refractivity contribution in [2.45, 2.75) is 19.6 Å². The monoisotopic (exact) mass is 1440 g/mol. The van der Waals surface area contributed by atoms with Crippen molar-refractivity contribution in [3.63, 3.8) is 0 Å². The molecule has 516 valence electrons. The Morgan fingerprint density at radius 3 is 0.538 bits per heavy atom. The molecule has 16 heteroatoms. The maximum absolute atomic E-state index is 13.3. The Bertz CT molecular complexity index is 5480. The number of ether oxygens (including phenoxy) is 4. The van der Waals surface area contributed by atoms with Crippen molar-refractivity contribution >= 4 is 58.2 Å². The van der Waals surface area contributed by atoms with Crippen LogP contribution < -0.4 is 18.9 Å². The molecule has 14 aromatic carbocycles. The van der Waals surface area contributed by atoms with Gasteiger partial charge in [-0.05, 0) is 279 Å². The average Bonchev–Trinajstić information content (AvgIpc) is 0.829. The molecule has 0 N–H and O–H groups in total. The van der Waals surface area contributed by atoms with Gasteiger partial charge in [0.2, 0.25) is 0 Å². The van der Waals surface area contributed by atoms with E-state index in [0.717, 1.165) is 19.6 Å². The summed E-state index contributed by atoms with van der Waals surface area (Å²) < 4.78 is 77.0. The lowest BCUT2D eigenvalue weighted by molar-refractivity contribution is 0.102. The van der Waals surface area contributed by atoms with E-state index in [1.54, 1.807) is 169 Å². The lowest BCUT2D eigenvalue weighted by Gasteiger charge is -2.10. The summed E-state index contributed by atoms with van der Waals surface area (Å²) in [5.74, 6) is 1.93. The Balaban J connectivity index is 0.000000196. The van der Waals surface area contributed by atoms with Crippen molar-refractivity contribution in [1.82, 2.24) is 0 Å². The van der Waals surface area contributed by atoms with Crippen LogP contribution in [0.25, 0.3) is 0 Å². The van der Waals surface area contributed by atoms with E-state index in [1.807, 2.05) is 97.1 Å². The number of hydrogen-bond acceptors (Lipinski definition) is 12. The Kier molecular flexibility index (Phi) is 22.3. The maximum atomic E-state index is 13.3. The molecule has 0 aromatic heterocycles. The highest BCUT2D eigenvalue weighted by atomic mass is 32.2. The van der Waals surface area contributed by atoms with Crippen molar-refractivity contribution in [3.05, 3.63) is 430 Å². The number of ketones is 6. The molecular weight excluding hydrogens is 1380 g/mol. The molecule has 0 saturated carbocycles. The Labute approximate surface area is 615 Å². The smallest absolute Gasteiger partial charge is 0.193 e. The zero-order valence-corrected chi connectivity index (χ0v) is 57.4. The molecule has 0 radical (unpaired) electrons. The number of halogens is 4. The molecule has 0 unspecified atom stereocenters. The first-order valence-electron chi connectivity index (χ1n) is 32.9. The quantitative estimate of drug-likeness (QED) is 0.0420. The molecular formula is C90H56F4O10S2. The van der Waals surface area contributed by atoms with E-state index in [0.29, 0.717) is 113 Å². The van der Waals surface area contributed by atoms with Gasteiger partial charge in [0.1, 0.15) is 69.3 Å². The molecule has 0 atom stereocenters. The van der Waals surface area contributed by atoms with Gasteiger partial charge in [0, 0.05) is 86.3 Å². The third kappa shape index (κ3) is 18.5. The van der Waals surface area contributed by atoms with Gasteiger partial charge in [0.05, 0.1) is 0 Å². The molecule has 0 heterocycles. The molecule has 0 aliphatic heterocycles. The molecule has 14 aromatic rings. The van der Waals surface area contributed by atoms with Gasteiger partial charge in [0.15, 0.2) is 34.7 Å². The zero-order chi connectivity index (χ0) is 73.5. The molecule has 106 heavy (non-hydrogen) atoms. The molecule has 0 fully saturated rings. The van der Waals surface area contributed by atoms with Crippen LogP contribution in [0.4, 0.5) is 17.6 Å². The summed E-state index contributed by atoms with van der Waals surface area (Å²) in [6, 6.07) is 92.3. The van der Waals surface area contributed by atoms with E-state index in [-0.39, 0.29) is 46.3 Å². The van der Waals surface area contributed by atoms with Crippen molar-refractivity contribution in [1.29, 1.82) is 0 Å². The van der Waals surface area contributed by atoms with Crippen LogP contribution in [-0.4, -0.2) is 34.7 Å². The molecule has 0 saturated heterocycles. The SMILES string of the molecule is O=C(c1ccc(F)cc1)c1ccc(C(=O)c2ccc(Oc3ccc(Sc4cccc(Oc5ccc(C(=O)c6ccc(C(=O)c7ccc(F)cc7)cc6)cc5)c4)cc3)cc2)cc1.O=C(c1ccc(F)cc1)c1ccc(Oc2ccc(Sc3cccc(Oc4ccc(C(=O)c5ccc(F)cc5)cc4)c3)cc2)cc1. The predicted octanol–water partition coefficient (Wildman–Crippen LogP) is 22.8. The fourth-order valence-electron chi connectivity index (χ4n) is 10.8. The van der Waals surface area contributed by atoms with Crippen LogP contribution in [0.3, 0.4) is 0 Å². The summed E-state index contributed by atoms with van der Waals surface area (Å²) in [4.78, 5) is 80.9. The van der Waals surface area contributed by atoms with Crippen molar-refractivity contribution in [3.8, 4) is 46.0 Å². The summed E-state index contributed by atoms with van der Waals surface area (Å²) in [5.41, 5.74) is 5.13. The second kappa shape index (κ2) is 33.2. The van der Waals surface area contributed by atoms with Crippen LogP contribution in [0.1, 0.15) is 95.5 Å². The van der Waals surface area contributed by atoms with Crippen molar-refractivity contribution in [2.24, 2.45) is 0 Å². The Morgan fingerprint density at radius 2 is 0.340 bits per heavy atom. The highest BCUT2D eigenvalue weighted by molar-refractivity contribution is 7.99. The van der Waals surface area contributed by atoms with Gasteiger partial charge in [0.25, 0.3) is 0 Å². The van der Waals surface area contributed by atoms with Crippen LogP contribution in [0, 0.1) is 23.3 Å². The van der Waals surface area contributed by atoms with E-state index >= 15 is 0 Å². The zero-order valence-electron chi connectivity index (χ0n) is 55.7. The van der Waals surface area contributed by atoms with Crippen LogP contribution in [-0.2, 0) is 0 Å². The van der Waals surface area contributed by atoms with Gasteiger partial charge in [-0.1, -0.05) is 84.2 Å². The van der Waals surface area contributed by atoms with E-state index in [1.165, 1.54) is 97.1 Å². The number of carbonyl (C=O) groups is 6. The van der Waals surface area contributed by atoms with E-state index < -0.39 is 11.6 Å². The fourth-order valence-corrected chi connectivity index (χ4v) is 12.6. The van der Waals surface area contributed by atoms with E-state index in [2.05, 4.69) is 0 Å². The lowest BCUT2D eigenvalue weighted by Crippen LogP contribution is -2.04. The molecule has 0 bridgehead atoms. The minimum atomic E-state index is -0.420. The number of hydrogen-bond donors (Lipinski definition) is 0. The van der Waals surface area contributed by atoms with Gasteiger partial charge in [-0.3, -0.25) is 28.8 Å². The first-order valence-corrected chi connectivity index (χ1v) is 34.6. The predicted molar refractivity (Wildman–Crippen MR) is 399 cm³/mol. The summed E-state index contributed by atoms with van der Waals surface area (Å²) in [6.45, 7) is 0. The largest absolute Gasteiger partial charge is 0.457 e. The second-order valence-electron chi connectivity index (χ2n) is 23.8. The Hall–Kier alpha value is -13.3. The third-order valence-electron chi connectivity index (χ3n) is 16.4. The molecule has 10 nitrogen and oxygen atoms in total. The molecule has 14 rings (SSSR count). The molecule has 0 amide bonds. The number of carbonyl (C=O) groups excluding carboxylic acids is 6. The summed E-state index contributed by atoms with van der Waals surface area (Å²) in [5, 5.41) is 0. The van der Waals surface area contributed by atoms with Gasteiger partial charge < -0.3 is 18.9 Å². The number of rotatable bonds is 24. The Morgan fingerprint density at radius 1 is 0.179 bits per heavy atom. The molecule has 0 aliphatic rings. The van der Waals surface area contributed by atoms with Gasteiger partial charge in [-0.2, -0.15) is 0 Å². The van der Waals surface area contributed by atoms with Crippen LogP contribution in [0.15, 0.2) is 359 Å². The van der Waals surface area contributed by atoms with Gasteiger partial charge in [-0.25, -0.2) is 17.6 Å². The minimum Gasteiger partial charge on any atom is -0.457 e. The summed E-state index contributed by atoms with van der Waals surface area (Å²) in [7, 11) is 0. The van der Waals surface area contributed by atoms with Gasteiger partial charge in [-0.15, -0.1) is 0 Å². The standard InChI is InChI=1S/C52H32F2O6S.C38H24F2O4S/c53-41-20-12-37(13-21-41)49(55)33-4-8-35(9-5-33)51(57)39-16-24-43(25-17-39)59-45-28-30-47(31-29-45)61-48-3-1-2-46(32-48)60-44-26-18-40(19-27-44)52(58)36-10-6-34(7-11-36)50(56)38-14-22-42(54)23-15-38;39-29-12-4-25(5-13-29)37(41)27-8-16-31(17-9-27)43-33-20-22-35(23-21-33)45-36-3-1-2-34(24-36)44-32-18-10-28(11-19-32)38(42)26-6-14-30(40)15-7-26/h1-32H;1-24H. The molecule has 0 aliphatic carbocycles. The summed E-state index contributed by atoms with van der Waals surface area (Å²) in [6.07, 6.45) is 0. The van der Waals surface area contributed by atoms with E-state index in [9.17, 15) is 46.3 Å². The van der Waals surface area contributed by atoms with Crippen LogP contribution in [0.2, 0.25) is 0 Å². The highest BCUT2D eigenvalue weighted by Gasteiger charge is 2.18. The second-order valence-corrected chi connectivity index (χ2v) is 26.1. The first kappa shape index (κ1) is 71.1. The third-order valence-corrected chi connectivity index (χ3v) is 18.4. The topological polar surface area (TPSA) is 139 Å². The normalized spacial score (nSPS) is 10.8. The minimum absolute atomic E-state index is 0.190. The number of benzene rings is 14. The molecule has 0 spiro atoms. The van der Waals surface area contributed by atoms with Gasteiger partial charge >= 0.3 is 0 Å². The first-order chi connectivity index (χ1) is 51.5. The summed E-state index contributed by atoms with van der Waals surface area (Å²) >= 11 is 3.12. The highest BCUT2D eigenvalue weighted by Crippen LogP contribution is 2.36. The van der Waals surface area contributed by atoms with Crippen LogP contribution in [0.5, 0.6) is 46.0 Å². The fraction of sp³-hybridized carbons (Fsp3) is 0. The van der Waals surface area contributed by atoms with Crippen molar-refractivity contribution < 1.29 is 65.3 Å². The van der Waals surface area contributed by atoms with Crippen LogP contribution >= 0.6 is 23.5 Å². The maximum Gasteiger partial charge on any atom is 0.193 e. The lowest BCUT2D eigenvalue weighted by atomic mass is 9.98. The average molecular weight is 1440 g/mol. The van der Waals surface area contributed by atoms with Crippen molar-refractivity contribution in [2.75, 3.05) is 0 Å². The van der Waals surface area contributed by atoms with E-state index in [4.69, 9.17) is 18.9 Å².